The van der Waals surface area contributed by atoms with Gasteiger partial charge in [-0.3, -0.25) is 0 Å². The van der Waals surface area contributed by atoms with Gasteiger partial charge in [0.2, 0.25) is 0 Å². The van der Waals surface area contributed by atoms with Gasteiger partial charge in [0.05, 0.1) is 6.61 Å². The Labute approximate surface area is 124 Å². The van der Waals surface area contributed by atoms with E-state index in [2.05, 4.69) is 64.2 Å². The third-order valence-corrected chi connectivity index (χ3v) is 4.06. The fourth-order valence-corrected chi connectivity index (χ4v) is 2.69. The molecule has 1 aromatic rings. The van der Waals surface area contributed by atoms with Gasteiger partial charge in [-0.2, -0.15) is 0 Å². The lowest BCUT2D eigenvalue weighted by molar-refractivity contribution is 0.268. The van der Waals surface area contributed by atoms with E-state index in [-0.39, 0.29) is 0 Å². The highest BCUT2D eigenvalue weighted by Crippen LogP contribution is 2.22. The Kier molecular flexibility index (Phi) is 7.08. The maximum atomic E-state index is 5.48. The van der Waals surface area contributed by atoms with Crippen LogP contribution in [0.4, 0.5) is 0 Å². The lowest BCUT2D eigenvalue weighted by Gasteiger charge is -2.27. The molecule has 0 amide bonds. The highest BCUT2D eigenvalue weighted by molar-refractivity contribution is 5.28. The largest absolute Gasteiger partial charge is 0.494 e. The first-order chi connectivity index (χ1) is 9.45. The molecule has 0 bridgehead atoms. The molecule has 20 heavy (non-hydrogen) atoms. The molecule has 1 N–H and O–H groups in total. The summed E-state index contributed by atoms with van der Waals surface area (Å²) >= 11 is 0. The maximum Gasteiger partial charge on any atom is 0.119 e. The summed E-state index contributed by atoms with van der Waals surface area (Å²) in [6.45, 7) is 15.3. The zero-order chi connectivity index (χ0) is 15.1. The normalized spacial score (nSPS) is 13.2. The van der Waals surface area contributed by atoms with Gasteiger partial charge in [-0.05, 0) is 55.8 Å². The third kappa shape index (κ3) is 5.16. The van der Waals surface area contributed by atoms with Gasteiger partial charge in [-0.15, -0.1) is 0 Å². The van der Waals surface area contributed by atoms with Gasteiger partial charge >= 0.3 is 0 Å². The minimum Gasteiger partial charge on any atom is -0.494 e. The van der Waals surface area contributed by atoms with Crippen molar-refractivity contribution in [1.29, 1.82) is 0 Å². The van der Waals surface area contributed by atoms with Crippen LogP contribution in [-0.2, 0) is 0 Å². The molecule has 1 unspecified atom stereocenters. The molecule has 2 nitrogen and oxygen atoms in total. The number of nitrogens with one attached hydrogen (secondary N) is 1. The van der Waals surface area contributed by atoms with Crippen LogP contribution in [0.1, 0.15) is 53.1 Å². The molecular formula is C18H31NO. The van der Waals surface area contributed by atoms with Gasteiger partial charge in [0.15, 0.2) is 0 Å². The summed E-state index contributed by atoms with van der Waals surface area (Å²) < 4.78 is 5.48. The molecule has 0 saturated heterocycles. The van der Waals surface area contributed by atoms with Gasteiger partial charge in [-0.1, -0.05) is 39.8 Å². The van der Waals surface area contributed by atoms with Crippen LogP contribution in [-0.4, -0.2) is 13.2 Å². The van der Waals surface area contributed by atoms with Gasteiger partial charge in [0, 0.05) is 6.04 Å². The minimum absolute atomic E-state index is 0.380. The monoisotopic (exact) mass is 277 g/mol. The van der Waals surface area contributed by atoms with Crippen molar-refractivity contribution >= 4 is 0 Å². The summed E-state index contributed by atoms with van der Waals surface area (Å²) in [5.41, 5.74) is 1.32. The standard InChI is InChI=1S/C18H31NO/c1-7-20-17-10-8-16(9-11-17)15(6)19-12-18(13(2)3)14(4)5/h8-11,13-15,18-19H,7,12H2,1-6H3. The summed E-state index contributed by atoms with van der Waals surface area (Å²) in [6.07, 6.45) is 0. The second-order valence-electron chi connectivity index (χ2n) is 6.28. The number of ether oxygens (including phenoxy) is 1. The van der Waals surface area contributed by atoms with Crippen molar-refractivity contribution in [3.63, 3.8) is 0 Å². The Bertz CT molecular complexity index is 362. The highest BCUT2D eigenvalue weighted by Gasteiger charge is 2.18. The molecular weight excluding hydrogens is 246 g/mol. The summed E-state index contributed by atoms with van der Waals surface area (Å²) in [6, 6.07) is 8.80. The van der Waals surface area contributed by atoms with E-state index >= 15 is 0 Å². The zero-order valence-corrected chi connectivity index (χ0v) is 13.9. The van der Waals surface area contributed by atoms with Crippen molar-refractivity contribution in [3.8, 4) is 5.75 Å². The van der Waals surface area contributed by atoms with E-state index in [1.54, 1.807) is 0 Å². The van der Waals surface area contributed by atoms with Crippen LogP contribution >= 0.6 is 0 Å². The van der Waals surface area contributed by atoms with Crippen molar-refractivity contribution in [3.05, 3.63) is 29.8 Å². The first-order valence-electron chi connectivity index (χ1n) is 7.91. The van der Waals surface area contributed by atoms with E-state index in [1.165, 1.54) is 5.56 Å². The number of benzene rings is 1. The molecule has 1 atom stereocenters. The molecule has 1 rings (SSSR count). The van der Waals surface area contributed by atoms with Gasteiger partial charge in [-0.25, -0.2) is 0 Å². The molecule has 114 valence electrons. The second-order valence-corrected chi connectivity index (χ2v) is 6.28. The maximum absolute atomic E-state index is 5.48. The third-order valence-electron chi connectivity index (χ3n) is 4.06. The lowest BCUT2D eigenvalue weighted by Crippen LogP contribution is -2.31. The molecule has 0 aromatic heterocycles. The molecule has 0 aliphatic rings. The average molecular weight is 277 g/mol. The van der Waals surface area contributed by atoms with Crippen LogP contribution in [0.3, 0.4) is 0 Å². The SMILES string of the molecule is CCOc1ccc(C(C)NCC(C(C)C)C(C)C)cc1. The van der Waals surface area contributed by atoms with E-state index in [1.807, 2.05) is 6.92 Å². The molecule has 0 aliphatic carbocycles. The van der Waals surface area contributed by atoms with Crippen molar-refractivity contribution < 1.29 is 4.74 Å². The van der Waals surface area contributed by atoms with Crippen molar-refractivity contribution in [2.45, 2.75) is 47.6 Å². The molecule has 0 aliphatic heterocycles. The van der Waals surface area contributed by atoms with E-state index in [9.17, 15) is 0 Å². The van der Waals surface area contributed by atoms with Crippen LogP contribution in [0.5, 0.6) is 5.75 Å². The Morgan fingerprint density at radius 1 is 0.950 bits per heavy atom. The van der Waals surface area contributed by atoms with E-state index in [0.29, 0.717) is 6.04 Å². The van der Waals surface area contributed by atoms with Crippen LogP contribution in [0, 0.1) is 17.8 Å². The first kappa shape index (κ1) is 17.0. The smallest absolute Gasteiger partial charge is 0.119 e. The van der Waals surface area contributed by atoms with Crippen LogP contribution < -0.4 is 10.1 Å². The Balaban J connectivity index is 2.55. The van der Waals surface area contributed by atoms with Crippen molar-refractivity contribution in [1.82, 2.24) is 5.32 Å². The first-order valence-corrected chi connectivity index (χ1v) is 7.91. The molecule has 0 heterocycles. The van der Waals surface area contributed by atoms with Crippen LogP contribution in [0.2, 0.25) is 0 Å². The Morgan fingerprint density at radius 3 is 1.95 bits per heavy atom. The molecule has 0 saturated carbocycles. The quantitative estimate of drug-likeness (QED) is 0.746. The molecule has 0 spiro atoms. The van der Waals surface area contributed by atoms with Crippen LogP contribution in [0.25, 0.3) is 0 Å². The summed E-state index contributed by atoms with van der Waals surface area (Å²) in [4.78, 5) is 0. The van der Waals surface area contributed by atoms with Crippen molar-refractivity contribution in [2.24, 2.45) is 17.8 Å². The summed E-state index contributed by atoms with van der Waals surface area (Å²) in [5, 5.41) is 3.67. The summed E-state index contributed by atoms with van der Waals surface area (Å²) in [7, 11) is 0. The molecule has 0 radical (unpaired) electrons. The van der Waals surface area contributed by atoms with Gasteiger partial charge < -0.3 is 10.1 Å². The van der Waals surface area contributed by atoms with Gasteiger partial charge in [0.25, 0.3) is 0 Å². The topological polar surface area (TPSA) is 21.3 Å². The predicted octanol–water partition coefficient (Wildman–Crippen LogP) is 4.66. The Morgan fingerprint density at radius 2 is 1.50 bits per heavy atom. The average Bonchev–Trinajstić information content (AvgIpc) is 2.39. The minimum atomic E-state index is 0.380. The second kappa shape index (κ2) is 8.31. The fraction of sp³-hybridized carbons (Fsp3) is 0.667. The van der Waals surface area contributed by atoms with Crippen LogP contribution in [0.15, 0.2) is 24.3 Å². The molecule has 1 aromatic carbocycles. The zero-order valence-electron chi connectivity index (χ0n) is 13.9. The summed E-state index contributed by atoms with van der Waals surface area (Å²) in [5.74, 6) is 3.11. The predicted molar refractivity (Wildman–Crippen MR) is 87.2 cm³/mol. The van der Waals surface area contributed by atoms with E-state index in [4.69, 9.17) is 4.74 Å². The molecule has 2 heteroatoms. The van der Waals surface area contributed by atoms with Gasteiger partial charge in [0.1, 0.15) is 5.75 Å². The number of rotatable bonds is 8. The fourth-order valence-electron chi connectivity index (χ4n) is 2.69. The lowest BCUT2D eigenvalue weighted by atomic mass is 9.85. The Hall–Kier alpha value is -1.02. The van der Waals surface area contributed by atoms with E-state index < -0.39 is 0 Å². The van der Waals surface area contributed by atoms with Crippen molar-refractivity contribution in [2.75, 3.05) is 13.2 Å². The highest BCUT2D eigenvalue weighted by atomic mass is 16.5. The molecule has 0 fully saturated rings. The van der Waals surface area contributed by atoms with E-state index in [0.717, 1.165) is 36.7 Å². The number of hydrogen-bond donors (Lipinski definition) is 1. The number of hydrogen-bond acceptors (Lipinski definition) is 2.